The van der Waals surface area contributed by atoms with Crippen LogP contribution in [0.1, 0.15) is 33.6 Å². The van der Waals surface area contributed by atoms with E-state index in [9.17, 15) is 10.1 Å². The second-order valence-electron chi connectivity index (χ2n) is 8.36. The molecule has 1 amide bonds. The predicted molar refractivity (Wildman–Crippen MR) is 125 cm³/mol. The van der Waals surface area contributed by atoms with Crippen LogP contribution in [0.4, 0.5) is 16.2 Å². The van der Waals surface area contributed by atoms with Crippen molar-refractivity contribution in [2.45, 2.75) is 25.9 Å². The molecule has 1 saturated heterocycles. The second kappa shape index (κ2) is 8.72. The fourth-order valence-electron chi connectivity index (χ4n) is 4.58. The number of halogens is 1. The Bertz CT molecular complexity index is 1330. The summed E-state index contributed by atoms with van der Waals surface area (Å²) in [5.74, 6) is 0.422. The van der Waals surface area contributed by atoms with Gasteiger partial charge in [0, 0.05) is 35.5 Å². The number of carbonyl (C=O) groups excluding carboxylic acids is 1. The summed E-state index contributed by atoms with van der Waals surface area (Å²) in [6.07, 6.45) is 0.964. The number of methoxy groups -OCH3 is 1. The summed E-state index contributed by atoms with van der Waals surface area (Å²) in [6.45, 7) is 3.75. The van der Waals surface area contributed by atoms with E-state index in [1.54, 1.807) is 30.3 Å². The molecule has 2 N–H and O–H groups in total. The summed E-state index contributed by atoms with van der Waals surface area (Å²) >= 11 is 0. The van der Waals surface area contributed by atoms with Gasteiger partial charge in [0.05, 0.1) is 30.9 Å². The van der Waals surface area contributed by atoms with Crippen molar-refractivity contribution in [2.24, 2.45) is 0 Å². The Morgan fingerprint density at radius 1 is 1.26 bits per heavy atom. The lowest BCUT2D eigenvalue weighted by Crippen LogP contribution is -2.27. The Hall–Kier alpha value is -4.03. The Kier molecular flexibility index (Phi) is 5.59. The third-order valence-electron chi connectivity index (χ3n) is 6.18. The maximum absolute atomic E-state index is 15.0. The maximum Gasteiger partial charge on any atom is 0.260 e. The van der Waals surface area contributed by atoms with Gasteiger partial charge in [-0.25, -0.2) is 9.37 Å². The number of benzene rings is 2. The normalized spacial score (nSPS) is 16.9. The highest BCUT2D eigenvalue weighted by Crippen LogP contribution is 2.41. The van der Waals surface area contributed by atoms with Crippen molar-refractivity contribution in [2.75, 3.05) is 30.4 Å². The van der Waals surface area contributed by atoms with Gasteiger partial charge in [-0.2, -0.15) is 10.2 Å². The van der Waals surface area contributed by atoms with Crippen LogP contribution in [-0.2, 0) is 6.54 Å². The summed E-state index contributed by atoms with van der Waals surface area (Å²) in [5, 5.41) is 16.4. The molecule has 2 aliphatic rings. The highest BCUT2D eigenvalue weighted by molar-refractivity contribution is 6.11. The number of amides is 1. The van der Waals surface area contributed by atoms with Crippen LogP contribution >= 0.6 is 0 Å². The van der Waals surface area contributed by atoms with Gasteiger partial charge in [-0.3, -0.25) is 9.69 Å². The van der Waals surface area contributed by atoms with Crippen LogP contribution in [0.15, 0.2) is 36.4 Å². The number of nitriles is 1. The van der Waals surface area contributed by atoms with Gasteiger partial charge >= 0.3 is 0 Å². The number of ether oxygens (including phenoxy) is 1. The van der Waals surface area contributed by atoms with E-state index >= 15 is 4.39 Å². The second-order valence-corrected chi connectivity index (χ2v) is 8.36. The Balaban J connectivity index is 1.58. The monoisotopic (exact) mass is 458 g/mol. The van der Waals surface area contributed by atoms with Gasteiger partial charge in [0.25, 0.3) is 5.91 Å². The van der Waals surface area contributed by atoms with Gasteiger partial charge < -0.3 is 15.4 Å². The molecule has 1 unspecified atom stereocenters. The first-order valence-electron chi connectivity index (χ1n) is 11.0. The number of rotatable bonds is 5. The van der Waals surface area contributed by atoms with Crippen LogP contribution < -0.4 is 20.3 Å². The van der Waals surface area contributed by atoms with Crippen molar-refractivity contribution in [1.29, 1.82) is 5.26 Å². The van der Waals surface area contributed by atoms with Crippen molar-refractivity contribution >= 4 is 17.7 Å². The minimum Gasteiger partial charge on any atom is -0.496 e. The molecule has 2 aromatic carbocycles. The number of nitrogens with zero attached hydrogens (tertiary/aromatic N) is 4. The number of anilines is 2. The van der Waals surface area contributed by atoms with Crippen molar-refractivity contribution < 1.29 is 13.9 Å². The van der Waals surface area contributed by atoms with Crippen LogP contribution in [-0.4, -0.2) is 42.1 Å². The van der Waals surface area contributed by atoms with Crippen LogP contribution in [0.5, 0.6) is 5.75 Å². The van der Waals surface area contributed by atoms with E-state index in [-0.39, 0.29) is 29.6 Å². The number of aryl methyl sites for hydroxylation is 1. The fraction of sp³-hybridized carbons (Fsp3) is 0.280. The van der Waals surface area contributed by atoms with Crippen LogP contribution in [0, 0.1) is 24.1 Å². The van der Waals surface area contributed by atoms with Crippen LogP contribution in [0.25, 0.3) is 11.1 Å². The molecule has 0 saturated carbocycles. The summed E-state index contributed by atoms with van der Waals surface area (Å²) < 4.78 is 20.4. The molecule has 1 atom stereocenters. The molecule has 9 heteroatoms. The van der Waals surface area contributed by atoms with Crippen LogP contribution in [0.3, 0.4) is 0 Å². The average Bonchev–Trinajstić information content (AvgIpc) is 3.46. The Morgan fingerprint density at radius 2 is 2.12 bits per heavy atom. The van der Waals surface area contributed by atoms with Gasteiger partial charge in [0.2, 0.25) is 5.95 Å². The number of carbonyl (C=O) groups is 1. The fourth-order valence-corrected chi connectivity index (χ4v) is 4.58. The summed E-state index contributed by atoms with van der Waals surface area (Å²) in [5.41, 5.74) is 2.50. The Morgan fingerprint density at radius 3 is 2.85 bits per heavy atom. The number of hydrogen-bond acceptors (Lipinski definition) is 7. The summed E-state index contributed by atoms with van der Waals surface area (Å²) in [4.78, 5) is 24.0. The molecule has 0 bridgehead atoms. The molecule has 1 fully saturated rings. The molecule has 2 aliphatic heterocycles. The first-order valence-corrected chi connectivity index (χ1v) is 11.0. The van der Waals surface area contributed by atoms with E-state index in [0.717, 1.165) is 25.2 Å². The molecule has 5 rings (SSSR count). The van der Waals surface area contributed by atoms with E-state index in [1.165, 1.54) is 18.1 Å². The zero-order valence-corrected chi connectivity index (χ0v) is 18.9. The lowest BCUT2D eigenvalue weighted by atomic mass is 9.91. The quantitative estimate of drug-likeness (QED) is 0.604. The molecule has 34 heavy (non-hydrogen) atoms. The minimum absolute atomic E-state index is 0.150. The summed E-state index contributed by atoms with van der Waals surface area (Å²) in [6, 6.07) is 11.8. The van der Waals surface area contributed by atoms with E-state index in [2.05, 4.69) is 26.7 Å². The lowest BCUT2D eigenvalue weighted by molar-refractivity contribution is 0.0996. The molecule has 1 aromatic heterocycles. The van der Waals surface area contributed by atoms with Crippen molar-refractivity contribution in [3.05, 3.63) is 64.6 Å². The third-order valence-corrected chi connectivity index (χ3v) is 6.18. The first kappa shape index (κ1) is 21.8. The van der Waals surface area contributed by atoms with Gasteiger partial charge in [0.1, 0.15) is 17.4 Å². The lowest BCUT2D eigenvalue weighted by Gasteiger charge is -2.18. The molecule has 0 radical (unpaired) electrons. The highest BCUT2D eigenvalue weighted by atomic mass is 19.1. The van der Waals surface area contributed by atoms with Crippen LogP contribution in [0.2, 0.25) is 0 Å². The van der Waals surface area contributed by atoms with Gasteiger partial charge in [-0.15, -0.1) is 0 Å². The van der Waals surface area contributed by atoms with E-state index in [1.807, 2.05) is 6.92 Å². The van der Waals surface area contributed by atoms with Gasteiger partial charge in [-0.05, 0) is 49.7 Å². The van der Waals surface area contributed by atoms with E-state index in [0.29, 0.717) is 34.2 Å². The molecule has 8 nitrogen and oxygen atoms in total. The molecule has 0 spiro atoms. The number of nitrogens with one attached hydrogen (secondary N) is 2. The molecule has 172 valence electrons. The molecule has 3 aromatic rings. The Labute approximate surface area is 196 Å². The smallest absolute Gasteiger partial charge is 0.260 e. The summed E-state index contributed by atoms with van der Waals surface area (Å²) in [7, 11) is 1.45. The third kappa shape index (κ3) is 3.72. The SMILES string of the molecule is COc1cccc(F)c1-c1c(C#N)ccc2c1CN(c1cc(C)nc(NC3CCNC3)n1)C2=O. The van der Waals surface area contributed by atoms with Gasteiger partial charge in [0.15, 0.2) is 0 Å². The zero-order valence-electron chi connectivity index (χ0n) is 18.9. The maximum atomic E-state index is 15.0. The number of fused-ring (bicyclic) bond motifs is 1. The number of hydrogen-bond donors (Lipinski definition) is 2. The minimum atomic E-state index is -0.523. The predicted octanol–water partition coefficient (Wildman–Crippen LogP) is 3.41. The van der Waals surface area contributed by atoms with E-state index < -0.39 is 5.82 Å². The standard InChI is InChI=1S/C25H23FN6O2/c1-14-10-21(31-25(29-14)30-16-8-9-28-12-16)32-13-18-17(24(32)33)7-6-15(11-27)22(18)23-19(26)4-3-5-20(23)34-2/h3-7,10,16,28H,8-9,12-13H2,1-2H3,(H,29,30,31). The molecular weight excluding hydrogens is 435 g/mol. The number of aromatic nitrogens is 2. The first-order chi connectivity index (χ1) is 16.5. The largest absolute Gasteiger partial charge is 0.496 e. The molecular formula is C25H23FN6O2. The van der Waals surface area contributed by atoms with Crippen molar-refractivity contribution in [3.8, 4) is 22.9 Å². The van der Waals surface area contributed by atoms with Gasteiger partial charge in [-0.1, -0.05) is 6.07 Å². The van der Waals surface area contributed by atoms with Crippen molar-refractivity contribution in [3.63, 3.8) is 0 Å². The van der Waals surface area contributed by atoms with E-state index in [4.69, 9.17) is 4.74 Å². The zero-order chi connectivity index (χ0) is 23.8. The highest BCUT2D eigenvalue weighted by Gasteiger charge is 2.34. The average molecular weight is 458 g/mol. The van der Waals surface area contributed by atoms with Crippen molar-refractivity contribution in [1.82, 2.24) is 15.3 Å². The topological polar surface area (TPSA) is 103 Å². The molecule has 0 aliphatic carbocycles. The molecule has 3 heterocycles.